The first-order valence-corrected chi connectivity index (χ1v) is 10.5. The van der Waals surface area contributed by atoms with Crippen LogP contribution in [0.4, 0.5) is 0 Å². The van der Waals surface area contributed by atoms with Gasteiger partial charge in [-0.1, -0.05) is 5.16 Å². The van der Waals surface area contributed by atoms with Gasteiger partial charge in [-0.25, -0.2) is 0 Å². The summed E-state index contributed by atoms with van der Waals surface area (Å²) in [6, 6.07) is 5.52. The zero-order chi connectivity index (χ0) is 21.9. The van der Waals surface area contributed by atoms with Crippen molar-refractivity contribution >= 4 is 5.91 Å². The monoisotopic (exact) mass is 422 g/mol. The fraction of sp³-hybridized carbons (Fsp3) is 0.391. The average molecular weight is 422 g/mol. The molecule has 0 fully saturated rings. The summed E-state index contributed by atoms with van der Waals surface area (Å²) in [7, 11) is 2.09. The van der Waals surface area contributed by atoms with Gasteiger partial charge in [-0.2, -0.15) is 0 Å². The summed E-state index contributed by atoms with van der Waals surface area (Å²) in [6.07, 6.45) is 2.03. The fourth-order valence-corrected chi connectivity index (χ4v) is 4.40. The van der Waals surface area contributed by atoms with Gasteiger partial charge in [0.15, 0.2) is 11.5 Å². The Morgan fingerprint density at radius 3 is 2.84 bits per heavy atom. The summed E-state index contributed by atoms with van der Waals surface area (Å²) in [6.45, 7) is 8.93. The van der Waals surface area contributed by atoms with Crippen LogP contribution in [-0.4, -0.2) is 45.8 Å². The van der Waals surface area contributed by atoms with Gasteiger partial charge in [0.2, 0.25) is 0 Å². The minimum absolute atomic E-state index is 0.0257. The Morgan fingerprint density at radius 2 is 2.10 bits per heavy atom. The molecule has 1 aromatic carbocycles. The summed E-state index contributed by atoms with van der Waals surface area (Å²) < 4.78 is 13.6. The predicted octanol–water partition coefficient (Wildman–Crippen LogP) is 3.34. The molecule has 0 unspecified atom stereocenters. The maximum atomic E-state index is 12.8. The van der Waals surface area contributed by atoms with Crippen LogP contribution in [0.5, 0.6) is 11.5 Å². The van der Waals surface area contributed by atoms with Gasteiger partial charge in [-0.3, -0.25) is 9.69 Å². The van der Waals surface area contributed by atoms with Crippen molar-refractivity contribution in [1.29, 1.82) is 0 Å². The molecule has 0 bridgehead atoms. The molecule has 8 heteroatoms. The molecule has 2 aromatic heterocycles. The number of phenolic OH excluding ortho intramolecular Hbond substituents is 1. The van der Waals surface area contributed by atoms with Gasteiger partial charge in [-0.15, -0.1) is 0 Å². The Morgan fingerprint density at radius 1 is 1.29 bits per heavy atom. The first kappa shape index (κ1) is 19.7. The molecule has 2 aliphatic rings. The number of aromatic hydroxyl groups is 1. The Bertz CT molecular complexity index is 1190. The summed E-state index contributed by atoms with van der Waals surface area (Å²) in [5, 5.41) is 17.6. The van der Waals surface area contributed by atoms with E-state index in [1.165, 1.54) is 0 Å². The average Bonchev–Trinajstić information content (AvgIpc) is 3.31. The maximum Gasteiger partial charge on any atom is 0.274 e. The van der Waals surface area contributed by atoms with Crippen molar-refractivity contribution in [2.75, 3.05) is 20.1 Å². The fourth-order valence-electron chi connectivity index (χ4n) is 4.40. The summed E-state index contributed by atoms with van der Waals surface area (Å²) in [5.41, 5.74) is 3.83. The number of carbonyl (C=O) groups excluding carboxylic acids is 1. The molecule has 2 N–H and O–H groups in total. The third-order valence-corrected chi connectivity index (χ3v) is 6.03. The van der Waals surface area contributed by atoms with Crippen LogP contribution in [0.2, 0.25) is 0 Å². The van der Waals surface area contributed by atoms with Crippen LogP contribution in [0.25, 0.3) is 22.5 Å². The van der Waals surface area contributed by atoms with Crippen molar-refractivity contribution in [3.8, 4) is 33.9 Å². The number of hydrogen-bond acceptors (Lipinski definition) is 6. The lowest BCUT2D eigenvalue weighted by Gasteiger charge is -2.38. The molecule has 0 saturated carbocycles. The highest BCUT2D eigenvalue weighted by atomic mass is 16.5. The van der Waals surface area contributed by atoms with E-state index in [0.29, 0.717) is 29.2 Å². The first-order chi connectivity index (χ1) is 14.8. The maximum absolute atomic E-state index is 12.8. The van der Waals surface area contributed by atoms with E-state index in [4.69, 9.17) is 9.26 Å². The lowest BCUT2D eigenvalue weighted by Crippen LogP contribution is -2.35. The third-order valence-electron chi connectivity index (χ3n) is 6.03. The molecule has 162 valence electrons. The largest absolute Gasteiger partial charge is 0.507 e. The van der Waals surface area contributed by atoms with Crippen molar-refractivity contribution in [3.05, 3.63) is 41.3 Å². The van der Waals surface area contributed by atoms with Crippen molar-refractivity contribution in [2.45, 2.75) is 39.5 Å². The van der Waals surface area contributed by atoms with Crippen molar-refractivity contribution < 1.29 is 19.2 Å². The highest BCUT2D eigenvalue weighted by Crippen LogP contribution is 2.50. The number of fused-ring (bicyclic) bond motifs is 2. The molecule has 3 aromatic rings. The van der Waals surface area contributed by atoms with Crippen LogP contribution in [0, 0.1) is 0 Å². The molecular formula is C23H26N4O4. The number of likely N-dealkylation sites (N-methyl/N-ethyl adjacent to an activating group) is 1. The number of nitrogens with one attached hydrogen (secondary N) is 1. The quantitative estimate of drug-likeness (QED) is 0.670. The summed E-state index contributed by atoms with van der Waals surface area (Å²) in [5.74, 6) is 0.748. The SMILES string of the molecule is CCNC(=O)c1noc(-c2cc3c(cc2O)OC3(C)C)c1-c1cc2n(c1)CCN(C)C2. The van der Waals surface area contributed by atoms with Crippen LogP contribution in [0.1, 0.15) is 42.5 Å². The van der Waals surface area contributed by atoms with Gasteiger partial charge >= 0.3 is 0 Å². The molecule has 1 amide bonds. The topological polar surface area (TPSA) is 92.8 Å². The van der Waals surface area contributed by atoms with E-state index < -0.39 is 5.60 Å². The van der Waals surface area contributed by atoms with Crippen LogP contribution >= 0.6 is 0 Å². The number of carbonyl (C=O) groups is 1. The molecule has 31 heavy (non-hydrogen) atoms. The van der Waals surface area contributed by atoms with E-state index in [9.17, 15) is 9.90 Å². The molecule has 0 spiro atoms. The van der Waals surface area contributed by atoms with Crippen LogP contribution in [0.15, 0.2) is 28.9 Å². The third kappa shape index (κ3) is 3.09. The van der Waals surface area contributed by atoms with Gasteiger partial charge in [0.25, 0.3) is 5.91 Å². The molecule has 4 heterocycles. The number of hydrogen-bond donors (Lipinski definition) is 2. The number of amides is 1. The molecular weight excluding hydrogens is 396 g/mol. The van der Waals surface area contributed by atoms with E-state index in [1.54, 1.807) is 6.07 Å². The number of ether oxygens (including phenoxy) is 1. The Balaban J connectivity index is 1.68. The summed E-state index contributed by atoms with van der Waals surface area (Å²) >= 11 is 0. The highest BCUT2D eigenvalue weighted by molar-refractivity contribution is 6.02. The Hall–Kier alpha value is -3.26. The zero-order valence-electron chi connectivity index (χ0n) is 18.2. The van der Waals surface area contributed by atoms with E-state index in [2.05, 4.69) is 33.1 Å². The van der Waals surface area contributed by atoms with E-state index in [0.717, 1.165) is 36.5 Å². The van der Waals surface area contributed by atoms with E-state index in [1.807, 2.05) is 33.0 Å². The number of benzene rings is 1. The number of nitrogens with zero attached hydrogens (tertiary/aromatic N) is 3. The Kier molecular flexibility index (Phi) is 4.37. The first-order valence-electron chi connectivity index (χ1n) is 10.5. The van der Waals surface area contributed by atoms with Crippen molar-refractivity contribution in [2.24, 2.45) is 0 Å². The summed E-state index contributed by atoms with van der Waals surface area (Å²) in [4.78, 5) is 15.0. The second-order valence-corrected chi connectivity index (χ2v) is 8.72. The number of rotatable bonds is 4. The predicted molar refractivity (Wildman–Crippen MR) is 115 cm³/mol. The molecule has 5 rings (SSSR count). The van der Waals surface area contributed by atoms with Crippen LogP contribution in [0.3, 0.4) is 0 Å². The molecule has 0 saturated heterocycles. The van der Waals surface area contributed by atoms with Crippen LogP contribution in [-0.2, 0) is 18.7 Å². The molecule has 0 atom stereocenters. The van der Waals surface area contributed by atoms with Gasteiger partial charge in [-0.05, 0) is 40.0 Å². The standard InChI is InChI=1S/C23H26N4O4/c1-5-24-22(29)20-19(13-8-14-12-26(4)6-7-27(14)11-13)21(31-25-20)15-9-16-18(10-17(15)28)30-23(16,2)3/h8-11,28H,5-7,12H2,1-4H3,(H,24,29). The van der Waals surface area contributed by atoms with E-state index >= 15 is 0 Å². The van der Waals surface area contributed by atoms with Gasteiger partial charge < -0.3 is 24.3 Å². The van der Waals surface area contributed by atoms with Crippen molar-refractivity contribution in [3.63, 3.8) is 0 Å². The van der Waals surface area contributed by atoms with E-state index in [-0.39, 0.29) is 17.4 Å². The number of phenols is 1. The Labute approximate surface area is 180 Å². The molecule has 2 aliphatic heterocycles. The molecule has 0 radical (unpaired) electrons. The van der Waals surface area contributed by atoms with Crippen LogP contribution < -0.4 is 10.1 Å². The van der Waals surface area contributed by atoms with Crippen molar-refractivity contribution in [1.82, 2.24) is 19.9 Å². The lowest BCUT2D eigenvalue weighted by molar-refractivity contribution is 0.0514. The minimum atomic E-state index is -0.444. The smallest absolute Gasteiger partial charge is 0.274 e. The molecule has 8 nitrogen and oxygen atoms in total. The second-order valence-electron chi connectivity index (χ2n) is 8.72. The van der Waals surface area contributed by atoms with Gasteiger partial charge in [0.05, 0.1) is 11.1 Å². The molecule has 0 aliphatic carbocycles. The highest BCUT2D eigenvalue weighted by Gasteiger charge is 2.38. The normalized spacial score (nSPS) is 16.8. The second kappa shape index (κ2) is 6.88. The lowest BCUT2D eigenvalue weighted by atomic mass is 9.88. The van der Waals surface area contributed by atoms with Gasteiger partial charge in [0.1, 0.15) is 17.1 Å². The minimum Gasteiger partial charge on any atom is -0.507 e. The zero-order valence-corrected chi connectivity index (χ0v) is 18.2. The number of aromatic nitrogens is 2. The van der Waals surface area contributed by atoms with Gasteiger partial charge in [0, 0.05) is 55.3 Å².